The highest BCUT2D eigenvalue weighted by molar-refractivity contribution is 5.29. The molecule has 1 aromatic rings. The van der Waals surface area contributed by atoms with E-state index < -0.39 is 0 Å². The maximum absolute atomic E-state index is 11.6. The fourth-order valence-electron chi connectivity index (χ4n) is 3.13. The molecule has 2 heterocycles. The van der Waals surface area contributed by atoms with Crippen LogP contribution < -0.4 is 11.0 Å². The first-order valence-corrected chi connectivity index (χ1v) is 6.67. The minimum absolute atomic E-state index is 0.173. The number of nitrogens with one attached hydrogen (secondary N) is 2. The van der Waals surface area contributed by atoms with Gasteiger partial charge in [0, 0.05) is 18.2 Å². The summed E-state index contributed by atoms with van der Waals surface area (Å²) in [4.78, 5) is 18.8. The van der Waals surface area contributed by atoms with Gasteiger partial charge in [-0.15, -0.1) is 0 Å². The van der Waals surface area contributed by atoms with Gasteiger partial charge in [-0.05, 0) is 31.4 Å². The summed E-state index contributed by atoms with van der Waals surface area (Å²) >= 11 is 0. The molecule has 1 aromatic heterocycles. The van der Waals surface area contributed by atoms with E-state index >= 15 is 0 Å². The van der Waals surface area contributed by atoms with Gasteiger partial charge in [0.2, 0.25) is 0 Å². The molecular weight excluding hydrogens is 214 g/mol. The Balaban J connectivity index is 2.01. The Kier molecular flexibility index (Phi) is 2.97. The Labute approximate surface area is 101 Å². The van der Waals surface area contributed by atoms with E-state index in [0.29, 0.717) is 5.92 Å². The molecule has 3 rings (SSSR count). The number of rotatable bonds is 1. The average molecular weight is 233 g/mol. The molecule has 0 aromatic carbocycles. The summed E-state index contributed by atoms with van der Waals surface area (Å²) < 4.78 is 0. The third-order valence-corrected chi connectivity index (χ3v) is 4.00. The van der Waals surface area contributed by atoms with Gasteiger partial charge >= 0.3 is 5.69 Å². The van der Waals surface area contributed by atoms with Crippen molar-refractivity contribution < 1.29 is 0 Å². The molecule has 0 amide bonds. The van der Waals surface area contributed by atoms with Gasteiger partial charge in [-0.3, -0.25) is 0 Å². The zero-order chi connectivity index (χ0) is 11.7. The van der Waals surface area contributed by atoms with Crippen molar-refractivity contribution in [3.63, 3.8) is 0 Å². The molecule has 17 heavy (non-hydrogen) atoms. The van der Waals surface area contributed by atoms with E-state index in [1.807, 2.05) is 0 Å². The fourth-order valence-corrected chi connectivity index (χ4v) is 3.13. The maximum atomic E-state index is 11.6. The molecule has 1 aliphatic heterocycles. The highest BCUT2D eigenvalue weighted by atomic mass is 16.1. The Bertz CT molecular complexity index is 460. The minimum Gasteiger partial charge on any atom is -0.311 e. The highest BCUT2D eigenvalue weighted by Crippen LogP contribution is 2.33. The molecule has 0 radical (unpaired) electrons. The standard InChI is InChI=1S/C13H19N3O/c17-13-15-11-8-14-7-6-10(11)12(16-13)9-4-2-1-3-5-9/h9,14H,1-8H2,(H,15,16,17). The van der Waals surface area contributed by atoms with E-state index in [4.69, 9.17) is 0 Å². The summed E-state index contributed by atoms with van der Waals surface area (Å²) in [5, 5.41) is 3.30. The van der Waals surface area contributed by atoms with Crippen molar-refractivity contribution in [2.45, 2.75) is 51.0 Å². The Morgan fingerprint density at radius 3 is 2.82 bits per heavy atom. The molecule has 0 spiro atoms. The van der Waals surface area contributed by atoms with Gasteiger partial charge in [-0.2, -0.15) is 4.98 Å². The number of aromatic amines is 1. The van der Waals surface area contributed by atoms with Gasteiger partial charge in [-0.25, -0.2) is 4.79 Å². The number of aromatic nitrogens is 2. The Morgan fingerprint density at radius 2 is 2.00 bits per heavy atom. The summed E-state index contributed by atoms with van der Waals surface area (Å²) in [6.07, 6.45) is 7.32. The molecule has 1 saturated carbocycles. The van der Waals surface area contributed by atoms with Crippen LogP contribution >= 0.6 is 0 Å². The Hall–Kier alpha value is -1.16. The van der Waals surface area contributed by atoms with Crippen LogP contribution in [0.4, 0.5) is 0 Å². The van der Waals surface area contributed by atoms with Gasteiger partial charge in [0.25, 0.3) is 0 Å². The molecule has 0 unspecified atom stereocenters. The van der Waals surface area contributed by atoms with Crippen LogP contribution in [0.15, 0.2) is 4.79 Å². The van der Waals surface area contributed by atoms with Crippen LogP contribution in [0.2, 0.25) is 0 Å². The fraction of sp³-hybridized carbons (Fsp3) is 0.692. The molecular formula is C13H19N3O. The summed E-state index contributed by atoms with van der Waals surface area (Å²) in [6, 6.07) is 0. The predicted octanol–water partition coefficient (Wildman–Crippen LogP) is 1.46. The molecule has 0 saturated heterocycles. The maximum Gasteiger partial charge on any atom is 0.345 e. The van der Waals surface area contributed by atoms with Crippen LogP contribution in [-0.2, 0) is 13.0 Å². The van der Waals surface area contributed by atoms with Crippen LogP contribution in [0, 0.1) is 0 Å². The van der Waals surface area contributed by atoms with Crippen LogP contribution in [0.1, 0.15) is 55.0 Å². The summed E-state index contributed by atoms with van der Waals surface area (Å²) in [7, 11) is 0. The van der Waals surface area contributed by atoms with E-state index in [2.05, 4.69) is 15.3 Å². The Morgan fingerprint density at radius 1 is 1.18 bits per heavy atom. The van der Waals surface area contributed by atoms with Crippen LogP contribution in [0.5, 0.6) is 0 Å². The zero-order valence-electron chi connectivity index (χ0n) is 10.1. The quantitative estimate of drug-likeness (QED) is 0.772. The lowest BCUT2D eigenvalue weighted by Gasteiger charge is -2.26. The third-order valence-electron chi connectivity index (χ3n) is 4.00. The first-order valence-electron chi connectivity index (χ1n) is 6.67. The SMILES string of the molecule is O=c1nc(C2CCCCC2)c2c([nH]1)CNCC2. The smallest absolute Gasteiger partial charge is 0.311 e. The van der Waals surface area contributed by atoms with Crippen LogP contribution in [-0.4, -0.2) is 16.5 Å². The second kappa shape index (κ2) is 4.61. The lowest BCUT2D eigenvalue weighted by molar-refractivity contribution is 0.429. The van der Waals surface area contributed by atoms with E-state index in [1.165, 1.54) is 37.7 Å². The molecule has 1 aliphatic carbocycles. The van der Waals surface area contributed by atoms with E-state index in [9.17, 15) is 4.79 Å². The molecule has 4 heteroatoms. The number of nitrogens with zero attached hydrogens (tertiary/aromatic N) is 1. The van der Waals surface area contributed by atoms with Gasteiger partial charge in [0.05, 0.1) is 5.69 Å². The van der Waals surface area contributed by atoms with E-state index in [0.717, 1.165) is 30.9 Å². The monoisotopic (exact) mass is 233 g/mol. The minimum atomic E-state index is -0.173. The second-order valence-corrected chi connectivity index (χ2v) is 5.15. The zero-order valence-corrected chi connectivity index (χ0v) is 10.1. The molecule has 1 fully saturated rings. The molecule has 2 aliphatic rings. The third kappa shape index (κ3) is 2.14. The molecule has 0 atom stereocenters. The van der Waals surface area contributed by atoms with Crippen molar-refractivity contribution >= 4 is 0 Å². The summed E-state index contributed by atoms with van der Waals surface area (Å²) in [6.45, 7) is 1.78. The number of hydrogen-bond acceptors (Lipinski definition) is 3. The topological polar surface area (TPSA) is 57.8 Å². The van der Waals surface area contributed by atoms with Crippen molar-refractivity contribution in [2.75, 3.05) is 6.54 Å². The largest absolute Gasteiger partial charge is 0.345 e. The lowest BCUT2D eigenvalue weighted by atomic mass is 9.84. The summed E-state index contributed by atoms with van der Waals surface area (Å²) in [5.41, 5.74) is 3.31. The lowest BCUT2D eigenvalue weighted by Crippen LogP contribution is -2.31. The van der Waals surface area contributed by atoms with Gasteiger partial charge in [0.15, 0.2) is 0 Å². The van der Waals surface area contributed by atoms with Gasteiger partial charge in [0.1, 0.15) is 0 Å². The molecule has 0 bridgehead atoms. The second-order valence-electron chi connectivity index (χ2n) is 5.15. The molecule has 92 valence electrons. The van der Waals surface area contributed by atoms with Crippen molar-refractivity contribution in [1.82, 2.24) is 15.3 Å². The van der Waals surface area contributed by atoms with Crippen LogP contribution in [0.25, 0.3) is 0 Å². The number of fused-ring (bicyclic) bond motifs is 1. The van der Waals surface area contributed by atoms with Crippen molar-refractivity contribution in [2.24, 2.45) is 0 Å². The van der Waals surface area contributed by atoms with Crippen molar-refractivity contribution in [3.05, 3.63) is 27.4 Å². The number of H-pyrrole nitrogens is 1. The number of hydrogen-bond donors (Lipinski definition) is 2. The van der Waals surface area contributed by atoms with Crippen molar-refractivity contribution in [3.8, 4) is 0 Å². The van der Waals surface area contributed by atoms with E-state index in [1.54, 1.807) is 0 Å². The predicted molar refractivity (Wildman–Crippen MR) is 66.1 cm³/mol. The van der Waals surface area contributed by atoms with Gasteiger partial charge < -0.3 is 10.3 Å². The van der Waals surface area contributed by atoms with Crippen molar-refractivity contribution in [1.29, 1.82) is 0 Å². The normalized spacial score (nSPS) is 21.2. The highest BCUT2D eigenvalue weighted by Gasteiger charge is 2.23. The average Bonchev–Trinajstić information content (AvgIpc) is 2.39. The first kappa shape index (κ1) is 11.0. The molecule has 4 nitrogen and oxygen atoms in total. The van der Waals surface area contributed by atoms with E-state index in [-0.39, 0.29) is 5.69 Å². The van der Waals surface area contributed by atoms with Crippen LogP contribution in [0.3, 0.4) is 0 Å². The first-order chi connectivity index (χ1) is 8.34. The summed E-state index contributed by atoms with van der Waals surface area (Å²) in [5.74, 6) is 0.526. The molecule has 2 N–H and O–H groups in total. The van der Waals surface area contributed by atoms with Gasteiger partial charge in [-0.1, -0.05) is 19.3 Å².